The summed E-state index contributed by atoms with van der Waals surface area (Å²) in [5, 5.41) is 4.67. The number of esters is 1. The number of benzene rings is 1. The maximum Gasteiger partial charge on any atom is 0.348 e. The van der Waals surface area contributed by atoms with E-state index >= 15 is 0 Å². The van der Waals surface area contributed by atoms with Gasteiger partial charge in [0.1, 0.15) is 10.7 Å². The Hall–Kier alpha value is -2.74. The van der Waals surface area contributed by atoms with Gasteiger partial charge in [0.2, 0.25) is 5.91 Å². The van der Waals surface area contributed by atoms with E-state index in [2.05, 4.69) is 10.6 Å². The van der Waals surface area contributed by atoms with Gasteiger partial charge in [-0.05, 0) is 29.8 Å². The molecule has 2 amide bonds. The van der Waals surface area contributed by atoms with Crippen LogP contribution in [0.25, 0.3) is 10.4 Å². The van der Waals surface area contributed by atoms with Crippen LogP contribution in [0.1, 0.15) is 9.67 Å². The number of likely N-dealkylation sites (N-methyl/N-ethyl adjacent to an activating group) is 1. The van der Waals surface area contributed by atoms with Crippen LogP contribution in [0.15, 0.2) is 36.4 Å². The van der Waals surface area contributed by atoms with Crippen molar-refractivity contribution in [3.63, 3.8) is 0 Å². The SMILES string of the molecule is CNC(=O)CNC(=O)COC(=O)c1ccc(-c2ccc(F)cc2)s1. The fourth-order valence-corrected chi connectivity index (χ4v) is 2.64. The van der Waals surface area contributed by atoms with Crippen molar-refractivity contribution in [1.29, 1.82) is 0 Å². The predicted octanol–water partition coefficient (Wildman–Crippen LogP) is 1.57. The number of carbonyl (C=O) groups is 3. The minimum atomic E-state index is -0.636. The average Bonchev–Trinajstić information content (AvgIpc) is 3.08. The highest BCUT2D eigenvalue weighted by Gasteiger charge is 2.14. The number of hydrogen-bond donors (Lipinski definition) is 2. The second kappa shape index (κ2) is 8.21. The number of halogens is 1. The molecule has 126 valence electrons. The Morgan fingerprint density at radius 1 is 1.08 bits per heavy atom. The summed E-state index contributed by atoms with van der Waals surface area (Å²) in [6, 6.07) is 9.20. The van der Waals surface area contributed by atoms with Crippen molar-refractivity contribution in [2.45, 2.75) is 0 Å². The molecule has 6 nitrogen and oxygen atoms in total. The molecule has 8 heteroatoms. The molecule has 0 aliphatic heterocycles. The number of ether oxygens (including phenoxy) is 1. The Bertz CT molecular complexity index is 743. The van der Waals surface area contributed by atoms with Gasteiger partial charge in [0.05, 0.1) is 6.54 Å². The third-order valence-corrected chi connectivity index (χ3v) is 4.11. The van der Waals surface area contributed by atoms with Gasteiger partial charge in [0, 0.05) is 11.9 Å². The number of nitrogens with one attached hydrogen (secondary N) is 2. The van der Waals surface area contributed by atoms with E-state index in [4.69, 9.17) is 4.74 Å². The number of rotatable bonds is 6. The lowest BCUT2D eigenvalue weighted by Crippen LogP contribution is -2.37. The lowest BCUT2D eigenvalue weighted by molar-refractivity contribution is -0.127. The van der Waals surface area contributed by atoms with Gasteiger partial charge >= 0.3 is 5.97 Å². The first kappa shape index (κ1) is 17.6. The molecule has 0 fully saturated rings. The molecule has 1 heterocycles. The molecule has 2 aromatic rings. The first-order valence-corrected chi connectivity index (χ1v) is 7.81. The van der Waals surface area contributed by atoms with E-state index < -0.39 is 18.5 Å². The van der Waals surface area contributed by atoms with Crippen LogP contribution in [0.3, 0.4) is 0 Å². The van der Waals surface area contributed by atoms with Crippen LogP contribution < -0.4 is 10.6 Å². The molecule has 24 heavy (non-hydrogen) atoms. The second-order valence-corrected chi connectivity index (χ2v) is 5.78. The second-order valence-electron chi connectivity index (χ2n) is 4.70. The molecule has 0 unspecified atom stereocenters. The Labute approximate surface area is 141 Å². The van der Waals surface area contributed by atoms with Crippen molar-refractivity contribution < 1.29 is 23.5 Å². The lowest BCUT2D eigenvalue weighted by atomic mass is 10.2. The summed E-state index contributed by atoms with van der Waals surface area (Å²) >= 11 is 1.18. The molecule has 2 N–H and O–H groups in total. The molecule has 0 atom stereocenters. The van der Waals surface area contributed by atoms with Crippen LogP contribution in [0.5, 0.6) is 0 Å². The molecule has 1 aromatic carbocycles. The van der Waals surface area contributed by atoms with E-state index in [1.807, 2.05) is 0 Å². The van der Waals surface area contributed by atoms with Gasteiger partial charge in [-0.25, -0.2) is 9.18 Å². The van der Waals surface area contributed by atoms with Crippen molar-refractivity contribution in [3.05, 3.63) is 47.1 Å². The van der Waals surface area contributed by atoms with Crippen molar-refractivity contribution in [2.75, 3.05) is 20.2 Å². The standard InChI is InChI=1S/C16H15FN2O4S/c1-18-14(20)8-19-15(21)9-23-16(22)13-7-6-12(24-13)10-2-4-11(17)5-3-10/h2-7H,8-9H2,1H3,(H,18,20)(H,19,21). The third-order valence-electron chi connectivity index (χ3n) is 3.00. The minimum Gasteiger partial charge on any atom is -0.451 e. The molecule has 0 radical (unpaired) electrons. The van der Waals surface area contributed by atoms with Gasteiger partial charge in [-0.1, -0.05) is 12.1 Å². The highest BCUT2D eigenvalue weighted by atomic mass is 32.1. The molecule has 0 saturated heterocycles. The smallest absolute Gasteiger partial charge is 0.348 e. The van der Waals surface area contributed by atoms with Crippen molar-refractivity contribution in [2.24, 2.45) is 0 Å². The number of thiophene rings is 1. The molecule has 1 aromatic heterocycles. The Balaban J connectivity index is 1.88. The maximum atomic E-state index is 12.9. The van der Waals surface area contributed by atoms with Crippen molar-refractivity contribution >= 4 is 29.1 Å². The summed E-state index contributed by atoms with van der Waals surface area (Å²) in [5.41, 5.74) is 0.781. The summed E-state index contributed by atoms with van der Waals surface area (Å²) in [4.78, 5) is 35.5. The lowest BCUT2D eigenvalue weighted by Gasteiger charge is -2.05. The minimum absolute atomic E-state index is 0.180. The van der Waals surface area contributed by atoms with E-state index in [0.29, 0.717) is 4.88 Å². The summed E-state index contributed by atoms with van der Waals surface area (Å²) < 4.78 is 17.8. The molecule has 0 aliphatic carbocycles. The number of carbonyl (C=O) groups excluding carboxylic acids is 3. The largest absolute Gasteiger partial charge is 0.451 e. The van der Waals surface area contributed by atoms with Crippen LogP contribution in [-0.2, 0) is 14.3 Å². The zero-order valence-electron chi connectivity index (χ0n) is 12.8. The van der Waals surface area contributed by atoms with E-state index in [9.17, 15) is 18.8 Å². The Morgan fingerprint density at radius 3 is 2.46 bits per heavy atom. The van der Waals surface area contributed by atoms with Crippen LogP contribution >= 0.6 is 11.3 Å². The van der Waals surface area contributed by atoms with E-state index in [0.717, 1.165) is 10.4 Å². The predicted molar refractivity (Wildman–Crippen MR) is 87.1 cm³/mol. The van der Waals surface area contributed by atoms with Crippen LogP contribution in [0, 0.1) is 5.82 Å². The van der Waals surface area contributed by atoms with Gasteiger partial charge in [-0.2, -0.15) is 0 Å². The monoisotopic (exact) mass is 350 g/mol. The van der Waals surface area contributed by atoms with Crippen LogP contribution in [-0.4, -0.2) is 38.0 Å². The molecule has 0 bridgehead atoms. The van der Waals surface area contributed by atoms with Gasteiger partial charge < -0.3 is 15.4 Å². The maximum absolute atomic E-state index is 12.9. The fourth-order valence-electron chi connectivity index (χ4n) is 1.74. The quantitative estimate of drug-likeness (QED) is 0.775. The molecule has 0 saturated carbocycles. The zero-order valence-corrected chi connectivity index (χ0v) is 13.6. The van der Waals surface area contributed by atoms with Crippen LogP contribution in [0.4, 0.5) is 4.39 Å². The van der Waals surface area contributed by atoms with Crippen molar-refractivity contribution in [1.82, 2.24) is 10.6 Å². The normalized spacial score (nSPS) is 10.1. The Kier molecular flexibility index (Phi) is 6.02. The van der Waals surface area contributed by atoms with Crippen molar-refractivity contribution in [3.8, 4) is 10.4 Å². The van der Waals surface area contributed by atoms with Crippen LogP contribution in [0.2, 0.25) is 0 Å². The zero-order chi connectivity index (χ0) is 17.5. The molecular weight excluding hydrogens is 335 g/mol. The van der Waals surface area contributed by atoms with Gasteiger partial charge in [0.15, 0.2) is 6.61 Å². The first-order chi connectivity index (χ1) is 11.5. The summed E-state index contributed by atoms with van der Waals surface area (Å²) in [6.45, 7) is -0.653. The summed E-state index contributed by atoms with van der Waals surface area (Å²) in [6.07, 6.45) is 0. The number of amides is 2. The average molecular weight is 350 g/mol. The Morgan fingerprint density at radius 2 is 1.79 bits per heavy atom. The highest BCUT2D eigenvalue weighted by Crippen LogP contribution is 2.28. The molecular formula is C16H15FN2O4S. The topological polar surface area (TPSA) is 84.5 Å². The van der Waals surface area contributed by atoms with E-state index in [1.54, 1.807) is 24.3 Å². The third kappa shape index (κ3) is 4.88. The van der Waals surface area contributed by atoms with E-state index in [-0.39, 0.29) is 18.3 Å². The van der Waals surface area contributed by atoms with Gasteiger partial charge in [0.25, 0.3) is 5.91 Å². The van der Waals surface area contributed by atoms with Gasteiger partial charge in [-0.15, -0.1) is 11.3 Å². The van der Waals surface area contributed by atoms with Gasteiger partial charge in [-0.3, -0.25) is 9.59 Å². The molecule has 0 aliphatic rings. The summed E-state index contributed by atoms with van der Waals surface area (Å²) in [7, 11) is 1.45. The summed E-state index contributed by atoms with van der Waals surface area (Å²) in [5.74, 6) is -1.89. The molecule has 2 rings (SSSR count). The molecule has 0 spiro atoms. The fraction of sp³-hybridized carbons (Fsp3) is 0.188. The number of hydrogen-bond acceptors (Lipinski definition) is 5. The van der Waals surface area contributed by atoms with E-state index in [1.165, 1.54) is 30.5 Å². The highest BCUT2D eigenvalue weighted by molar-refractivity contribution is 7.17. The first-order valence-electron chi connectivity index (χ1n) is 7.00.